The number of pyridine rings is 1. The number of hydrogen-bond donors (Lipinski definition) is 2. The molecule has 3 heterocycles. The molecule has 0 aliphatic rings. The fraction of sp³-hybridized carbons (Fsp3) is 0.0476. The first-order chi connectivity index (χ1) is 14.5. The summed E-state index contributed by atoms with van der Waals surface area (Å²) < 4.78 is 7.56. The van der Waals surface area contributed by atoms with Crippen LogP contribution in [-0.2, 0) is 0 Å². The molecule has 5 aromatic rings. The SMILES string of the molecule is Cc1ccc(Oc2nc3cc(-c4ccc5nncn5c4)c(Cl)cc3[nH]2)cc1C(=O)O. The Hall–Kier alpha value is -3.91. The number of carboxylic acids is 1. The lowest BCUT2D eigenvalue weighted by Crippen LogP contribution is -2.00. The van der Waals surface area contributed by atoms with Gasteiger partial charge < -0.3 is 14.8 Å². The molecule has 30 heavy (non-hydrogen) atoms. The van der Waals surface area contributed by atoms with Gasteiger partial charge in [0.25, 0.3) is 6.01 Å². The third-order valence-electron chi connectivity index (χ3n) is 4.80. The van der Waals surface area contributed by atoms with Crippen LogP contribution in [0.5, 0.6) is 11.8 Å². The predicted molar refractivity (Wildman–Crippen MR) is 111 cm³/mol. The zero-order chi connectivity index (χ0) is 20.8. The predicted octanol–water partition coefficient (Wildman–Crippen LogP) is 4.72. The number of halogens is 1. The van der Waals surface area contributed by atoms with Crippen molar-refractivity contribution in [2.75, 3.05) is 0 Å². The minimum atomic E-state index is -1.01. The smallest absolute Gasteiger partial charge is 0.336 e. The van der Waals surface area contributed by atoms with Gasteiger partial charge in [0.2, 0.25) is 0 Å². The van der Waals surface area contributed by atoms with E-state index in [9.17, 15) is 9.90 Å². The van der Waals surface area contributed by atoms with Crippen LogP contribution in [0, 0.1) is 6.92 Å². The Morgan fingerprint density at radius 1 is 1.20 bits per heavy atom. The van der Waals surface area contributed by atoms with Crippen LogP contribution < -0.4 is 4.74 Å². The van der Waals surface area contributed by atoms with Crippen LogP contribution in [0.4, 0.5) is 0 Å². The molecule has 9 heteroatoms. The van der Waals surface area contributed by atoms with Crippen molar-refractivity contribution in [3.8, 4) is 22.9 Å². The van der Waals surface area contributed by atoms with E-state index in [0.717, 1.165) is 16.8 Å². The quantitative estimate of drug-likeness (QED) is 0.436. The minimum absolute atomic E-state index is 0.179. The molecule has 0 atom stereocenters. The van der Waals surface area contributed by atoms with Crippen molar-refractivity contribution >= 4 is 34.3 Å². The number of benzene rings is 2. The maximum absolute atomic E-state index is 11.3. The van der Waals surface area contributed by atoms with E-state index in [2.05, 4.69) is 20.2 Å². The lowest BCUT2D eigenvalue weighted by molar-refractivity contribution is 0.0695. The molecule has 5 rings (SSSR count). The van der Waals surface area contributed by atoms with E-state index in [1.165, 1.54) is 6.07 Å². The zero-order valence-corrected chi connectivity index (χ0v) is 16.4. The molecule has 0 radical (unpaired) electrons. The topological polar surface area (TPSA) is 105 Å². The minimum Gasteiger partial charge on any atom is -0.478 e. The van der Waals surface area contributed by atoms with Gasteiger partial charge in [0.15, 0.2) is 5.65 Å². The Kier molecular flexibility index (Phi) is 4.14. The molecule has 0 saturated carbocycles. The second-order valence-electron chi connectivity index (χ2n) is 6.79. The highest BCUT2D eigenvalue weighted by Crippen LogP contribution is 2.33. The van der Waals surface area contributed by atoms with Gasteiger partial charge in [-0.25, -0.2) is 4.79 Å². The third kappa shape index (κ3) is 3.13. The van der Waals surface area contributed by atoms with Crippen molar-refractivity contribution in [1.29, 1.82) is 0 Å². The Bertz CT molecular complexity index is 1440. The highest BCUT2D eigenvalue weighted by Gasteiger charge is 2.13. The average molecular weight is 420 g/mol. The lowest BCUT2D eigenvalue weighted by Gasteiger charge is -2.05. The number of nitrogens with zero attached hydrogens (tertiary/aromatic N) is 4. The van der Waals surface area contributed by atoms with Gasteiger partial charge in [-0.1, -0.05) is 17.7 Å². The Balaban J connectivity index is 1.52. The van der Waals surface area contributed by atoms with Gasteiger partial charge in [0.05, 0.1) is 21.6 Å². The van der Waals surface area contributed by atoms with Gasteiger partial charge in [-0.2, -0.15) is 4.98 Å². The Morgan fingerprint density at radius 2 is 2.07 bits per heavy atom. The Labute approximate surface area is 174 Å². The van der Waals surface area contributed by atoms with E-state index in [0.29, 0.717) is 27.4 Å². The van der Waals surface area contributed by atoms with Crippen LogP contribution in [0.25, 0.3) is 27.8 Å². The zero-order valence-electron chi connectivity index (χ0n) is 15.6. The molecule has 2 N–H and O–H groups in total. The number of aromatic nitrogens is 5. The summed E-state index contributed by atoms with van der Waals surface area (Å²) in [6.07, 6.45) is 3.52. The summed E-state index contributed by atoms with van der Waals surface area (Å²) in [5.74, 6) is -0.634. The lowest BCUT2D eigenvalue weighted by atomic mass is 10.1. The fourth-order valence-corrected chi connectivity index (χ4v) is 3.54. The van der Waals surface area contributed by atoms with E-state index < -0.39 is 5.97 Å². The fourth-order valence-electron chi connectivity index (χ4n) is 3.27. The van der Waals surface area contributed by atoms with Crippen molar-refractivity contribution in [3.05, 3.63) is 71.1 Å². The summed E-state index contributed by atoms with van der Waals surface area (Å²) in [4.78, 5) is 18.9. The summed E-state index contributed by atoms with van der Waals surface area (Å²) in [6, 6.07) is 12.5. The molecule has 8 nitrogen and oxygen atoms in total. The molecule has 0 amide bonds. The number of H-pyrrole nitrogens is 1. The summed E-state index contributed by atoms with van der Waals surface area (Å²) in [5.41, 5.74) is 4.64. The monoisotopic (exact) mass is 419 g/mol. The first-order valence-corrected chi connectivity index (χ1v) is 9.36. The maximum Gasteiger partial charge on any atom is 0.336 e. The molecule has 0 bridgehead atoms. The highest BCUT2D eigenvalue weighted by molar-refractivity contribution is 6.34. The van der Waals surface area contributed by atoms with Crippen LogP contribution in [0.15, 0.2) is 55.0 Å². The number of imidazole rings is 1. The second-order valence-corrected chi connectivity index (χ2v) is 7.20. The van der Waals surface area contributed by atoms with Gasteiger partial charge in [-0.15, -0.1) is 10.2 Å². The molecule has 2 aromatic carbocycles. The normalized spacial score (nSPS) is 11.3. The third-order valence-corrected chi connectivity index (χ3v) is 5.12. The molecule has 0 spiro atoms. The molecule has 0 unspecified atom stereocenters. The van der Waals surface area contributed by atoms with Crippen molar-refractivity contribution < 1.29 is 14.6 Å². The average Bonchev–Trinajstić information content (AvgIpc) is 3.33. The standard InChI is InChI=1S/C21H14ClN5O3/c1-11-2-4-13(6-14(11)20(28)29)30-21-24-17-7-15(16(22)8-18(17)25-21)12-3-5-19-26-23-10-27(19)9-12/h2-10H,1H3,(H,24,25)(H,28,29). The van der Waals surface area contributed by atoms with Crippen LogP contribution in [0.2, 0.25) is 5.02 Å². The van der Waals surface area contributed by atoms with Crippen molar-refractivity contribution in [3.63, 3.8) is 0 Å². The summed E-state index contributed by atoms with van der Waals surface area (Å²) >= 11 is 6.51. The van der Waals surface area contributed by atoms with E-state index in [1.54, 1.807) is 31.5 Å². The van der Waals surface area contributed by atoms with Crippen LogP contribution >= 0.6 is 11.6 Å². The number of carbonyl (C=O) groups is 1. The van der Waals surface area contributed by atoms with Gasteiger partial charge in [-0.05, 0) is 48.9 Å². The number of nitrogens with one attached hydrogen (secondary N) is 1. The number of fused-ring (bicyclic) bond motifs is 2. The maximum atomic E-state index is 11.3. The van der Waals surface area contributed by atoms with Gasteiger partial charge >= 0.3 is 5.97 Å². The number of aryl methyl sites for hydroxylation is 1. The molecule has 0 fully saturated rings. The molecular formula is C21H14ClN5O3. The Morgan fingerprint density at radius 3 is 2.90 bits per heavy atom. The largest absolute Gasteiger partial charge is 0.478 e. The summed E-state index contributed by atoms with van der Waals surface area (Å²) in [6.45, 7) is 1.73. The van der Waals surface area contributed by atoms with Crippen LogP contribution in [0.3, 0.4) is 0 Å². The molecule has 0 aliphatic heterocycles. The van der Waals surface area contributed by atoms with Crippen molar-refractivity contribution in [2.45, 2.75) is 6.92 Å². The highest BCUT2D eigenvalue weighted by atomic mass is 35.5. The molecule has 148 valence electrons. The van der Waals surface area contributed by atoms with Crippen LogP contribution in [0.1, 0.15) is 15.9 Å². The van der Waals surface area contributed by atoms with Crippen LogP contribution in [-0.4, -0.2) is 35.6 Å². The summed E-state index contributed by atoms with van der Waals surface area (Å²) in [5, 5.41) is 17.7. The molecule has 3 aromatic heterocycles. The summed E-state index contributed by atoms with van der Waals surface area (Å²) in [7, 11) is 0. The molecule has 0 saturated heterocycles. The number of ether oxygens (including phenoxy) is 1. The number of aromatic amines is 1. The van der Waals surface area contributed by atoms with E-state index in [1.807, 2.05) is 28.8 Å². The van der Waals surface area contributed by atoms with Gasteiger partial charge in [0.1, 0.15) is 12.1 Å². The van der Waals surface area contributed by atoms with E-state index in [-0.39, 0.29) is 11.6 Å². The first kappa shape index (κ1) is 18.1. The molecular weight excluding hydrogens is 406 g/mol. The number of carboxylic acid groups (broad SMARTS) is 1. The van der Waals surface area contributed by atoms with Crippen molar-refractivity contribution in [1.82, 2.24) is 24.6 Å². The van der Waals surface area contributed by atoms with Gasteiger partial charge in [0, 0.05) is 17.3 Å². The molecule has 0 aliphatic carbocycles. The second kappa shape index (κ2) is 6.85. The van der Waals surface area contributed by atoms with E-state index in [4.69, 9.17) is 16.3 Å². The number of rotatable bonds is 4. The van der Waals surface area contributed by atoms with E-state index >= 15 is 0 Å². The van der Waals surface area contributed by atoms with Gasteiger partial charge in [-0.3, -0.25) is 4.40 Å². The first-order valence-electron chi connectivity index (χ1n) is 8.99. The number of hydrogen-bond acceptors (Lipinski definition) is 5. The van der Waals surface area contributed by atoms with Crippen molar-refractivity contribution in [2.24, 2.45) is 0 Å². The number of aromatic carboxylic acids is 1.